The van der Waals surface area contributed by atoms with Gasteiger partial charge in [-0.15, -0.1) is 0 Å². The molecule has 2 unspecified atom stereocenters. The molecule has 31 heavy (non-hydrogen) atoms. The molecule has 2 atom stereocenters. The molecule has 1 heterocycles. The molecular formula is C25H35NO4Si. The molecule has 0 saturated carbocycles. The fraction of sp³-hybridized carbons (Fsp3) is 0.480. The van der Waals surface area contributed by atoms with Crippen molar-refractivity contribution in [1.29, 1.82) is 0 Å². The summed E-state index contributed by atoms with van der Waals surface area (Å²) in [5, 5.41) is 2.44. The molecule has 1 aliphatic heterocycles. The Labute approximate surface area is 187 Å². The SMILES string of the molecule is CCOC1CC(O[Si](c2ccccc2)(c2ccccc2)C(C)(C)C)CCN1C(=O)OC. The van der Waals surface area contributed by atoms with Gasteiger partial charge in [0.25, 0.3) is 8.32 Å². The highest BCUT2D eigenvalue weighted by Crippen LogP contribution is 2.39. The summed E-state index contributed by atoms with van der Waals surface area (Å²) in [6, 6.07) is 21.3. The van der Waals surface area contributed by atoms with E-state index in [1.807, 2.05) is 6.92 Å². The van der Waals surface area contributed by atoms with Crippen molar-refractivity contribution < 1.29 is 18.7 Å². The van der Waals surface area contributed by atoms with Crippen LogP contribution in [0.15, 0.2) is 60.7 Å². The minimum Gasteiger partial charge on any atom is -0.453 e. The Balaban J connectivity index is 2.01. The maximum atomic E-state index is 12.2. The zero-order valence-corrected chi connectivity index (χ0v) is 20.3. The molecule has 168 valence electrons. The van der Waals surface area contributed by atoms with Gasteiger partial charge in [0, 0.05) is 19.6 Å². The van der Waals surface area contributed by atoms with E-state index in [1.165, 1.54) is 17.5 Å². The number of benzene rings is 2. The van der Waals surface area contributed by atoms with Crippen LogP contribution in [0.4, 0.5) is 4.79 Å². The molecule has 0 radical (unpaired) electrons. The van der Waals surface area contributed by atoms with Gasteiger partial charge in [0.1, 0.15) is 6.23 Å². The van der Waals surface area contributed by atoms with Gasteiger partial charge >= 0.3 is 6.09 Å². The lowest BCUT2D eigenvalue weighted by molar-refractivity contribution is -0.0906. The second-order valence-corrected chi connectivity index (χ2v) is 13.3. The number of piperidine rings is 1. The molecule has 0 aliphatic carbocycles. The van der Waals surface area contributed by atoms with Crippen molar-refractivity contribution in [2.45, 2.75) is 57.9 Å². The molecule has 3 rings (SSSR count). The van der Waals surface area contributed by atoms with Crippen molar-refractivity contribution in [2.75, 3.05) is 20.3 Å². The minimum atomic E-state index is -2.64. The second kappa shape index (κ2) is 9.98. The van der Waals surface area contributed by atoms with Crippen LogP contribution in [0, 0.1) is 0 Å². The van der Waals surface area contributed by atoms with Crippen molar-refractivity contribution in [3.05, 3.63) is 60.7 Å². The van der Waals surface area contributed by atoms with Crippen LogP contribution in [-0.4, -0.2) is 51.9 Å². The average Bonchev–Trinajstić information content (AvgIpc) is 2.77. The summed E-state index contributed by atoms with van der Waals surface area (Å²) in [4.78, 5) is 13.9. The van der Waals surface area contributed by atoms with Crippen LogP contribution in [0.1, 0.15) is 40.5 Å². The van der Waals surface area contributed by atoms with Gasteiger partial charge in [0.15, 0.2) is 0 Å². The van der Waals surface area contributed by atoms with Gasteiger partial charge in [-0.3, -0.25) is 4.90 Å². The van der Waals surface area contributed by atoms with E-state index in [1.54, 1.807) is 4.90 Å². The molecule has 5 nitrogen and oxygen atoms in total. The molecule has 0 aromatic heterocycles. The Bertz CT molecular complexity index is 798. The first kappa shape index (κ1) is 23.5. The number of carbonyl (C=O) groups is 1. The Morgan fingerprint density at radius 2 is 1.58 bits per heavy atom. The molecule has 2 aromatic carbocycles. The number of methoxy groups -OCH3 is 1. The van der Waals surface area contributed by atoms with Crippen LogP contribution in [0.2, 0.25) is 5.04 Å². The van der Waals surface area contributed by atoms with E-state index >= 15 is 0 Å². The van der Waals surface area contributed by atoms with Crippen molar-refractivity contribution in [2.24, 2.45) is 0 Å². The highest BCUT2D eigenvalue weighted by Gasteiger charge is 2.52. The smallest absolute Gasteiger partial charge is 0.411 e. The third-order valence-electron chi connectivity index (χ3n) is 6.03. The largest absolute Gasteiger partial charge is 0.453 e. The van der Waals surface area contributed by atoms with Gasteiger partial charge in [-0.2, -0.15) is 0 Å². The topological polar surface area (TPSA) is 48.0 Å². The van der Waals surface area contributed by atoms with E-state index < -0.39 is 8.32 Å². The number of carbonyl (C=O) groups excluding carboxylic acids is 1. The predicted octanol–water partition coefficient (Wildman–Crippen LogP) is 4.16. The number of hydrogen-bond acceptors (Lipinski definition) is 4. The molecule has 1 saturated heterocycles. The van der Waals surface area contributed by atoms with E-state index in [4.69, 9.17) is 13.9 Å². The summed E-state index contributed by atoms with van der Waals surface area (Å²) < 4.78 is 18.1. The van der Waals surface area contributed by atoms with Crippen LogP contribution in [0.5, 0.6) is 0 Å². The molecule has 0 bridgehead atoms. The predicted molar refractivity (Wildman–Crippen MR) is 126 cm³/mol. The van der Waals surface area contributed by atoms with Gasteiger partial charge < -0.3 is 13.9 Å². The van der Waals surface area contributed by atoms with Gasteiger partial charge in [-0.1, -0.05) is 81.4 Å². The Morgan fingerprint density at radius 1 is 1.03 bits per heavy atom. The van der Waals surface area contributed by atoms with Gasteiger partial charge in [-0.05, 0) is 28.8 Å². The third-order valence-corrected chi connectivity index (χ3v) is 11.1. The first-order valence-electron chi connectivity index (χ1n) is 11.1. The van der Waals surface area contributed by atoms with E-state index in [-0.39, 0.29) is 23.5 Å². The fourth-order valence-electron chi connectivity index (χ4n) is 4.62. The lowest BCUT2D eigenvalue weighted by atomic mass is 10.1. The van der Waals surface area contributed by atoms with Gasteiger partial charge in [0.05, 0.1) is 13.2 Å². The van der Waals surface area contributed by atoms with Crippen LogP contribution in [-0.2, 0) is 13.9 Å². The van der Waals surface area contributed by atoms with E-state index in [0.717, 1.165) is 6.42 Å². The molecular weight excluding hydrogens is 406 g/mol. The Kier molecular flexibility index (Phi) is 7.57. The zero-order valence-electron chi connectivity index (χ0n) is 19.3. The molecule has 6 heteroatoms. The van der Waals surface area contributed by atoms with Crippen molar-refractivity contribution in [3.63, 3.8) is 0 Å². The third kappa shape index (κ3) is 4.86. The maximum absolute atomic E-state index is 12.2. The summed E-state index contributed by atoms with van der Waals surface area (Å²) in [7, 11) is -1.22. The summed E-state index contributed by atoms with van der Waals surface area (Å²) in [5.74, 6) is 0. The summed E-state index contributed by atoms with van der Waals surface area (Å²) in [5.41, 5.74) is 0. The van der Waals surface area contributed by atoms with Crippen molar-refractivity contribution >= 4 is 24.8 Å². The highest BCUT2D eigenvalue weighted by atomic mass is 28.4. The van der Waals surface area contributed by atoms with Crippen molar-refractivity contribution in [1.82, 2.24) is 4.90 Å². The second-order valence-electron chi connectivity index (χ2n) is 9.00. The number of nitrogens with zero attached hydrogens (tertiary/aromatic N) is 1. The standard InChI is InChI=1S/C25H35NO4Si/c1-6-29-23-19-20(17-18-26(23)24(27)28-5)30-31(25(2,3)4,21-13-9-7-10-14-21)22-15-11-8-12-16-22/h7-16,20,23H,6,17-19H2,1-5H3. The average molecular weight is 442 g/mol. The first-order valence-corrected chi connectivity index (χ1v) is 13.0. The number of hydrogen-bond donors (Lipinski definition) is 0. The molecule has 2 aromatic rings. The fourth-order valence-corrected chi connectivity index (χ4v) is 9.35. The lowest BCUT2D eigenvalue weighted by Gasteiger charge is -2.47. The number of rotatable bonds is 6. The number of likely N-dealkylation sites (tertiary alicyclic amines) is 1. The van der Waals surface area contributed by atoms with Gasteiger partial charge in [0.2, 0.25) is 0 Å². The van der Waals surface area contributed by atoms with E-state index in [0.29, 0.717) is 19.6 Å². The summed E-state index contributed by atoms with van der Waals surface area (Å²) in [6.45, 7) is 9.88. The van der Waals surface area contributed by atoms with Crippen LogP contribution in [0.3, 0.4) is 0 Å². The van der Waals surface area contributed by atoms with Gasteiger partial charge in [-0.25, -0.2) is 4.79 Å². The van der Waals surface area contributed by atoms with Crippen LogP contribution >= 0.6 is 0 Å². The first-order chi connectivity index (χ1) is 14.8. The molecule has 1 amide bonds. The maximum Gasteiger partial charge on any atom is 0.411 e. The number of ether oxygens (including phenoxy) is 2. The highest BCUT2D eigenvalue weighted by molar-refractivity contribution is 6.99. The minimum absolute atomic E-state index is 0.0104. The van der Waals surface area contributed by atoms with Crippen LogP contribution in [0.25, 0.3) is 0 Å². The Hall–Kier alpha value is -2.15. The molecule has 0 N–H and O–H groups in total. The molecule has 1 aliphatic rings. The summed E-state index contributed by atoms with van der Waals surface area (Å²) >= 11 is 0. The van der Waals surface area contributed by atoms with Crippen molar-refractivity contribution in [3.8, 4) is 0 Å². The van der Waals surface area contributed by atoms with Crippen LogP contribution < -0.4 is 10.4 Å². The lowest BCUT2D eigenvalue weighted by Crippen LogP contribution is -2.68. The zero-order chi connectivity index (χ0) is 22.5. The van der Waals surface area contributed by atoms with E-state index in [2.05, 4.69) is 81.4 Å². The normalized spacial score (nSPS) is 19.8. The van der Waals surface area contributed by atoms with E-state index in [9.17, 15) is 4.79 Å². The summed E-state index contributed by atoms with van der Waals surface area (Å²) in [6.07, 6.45) is 0.692. The number of amides is 1. The molecule has 0 spiro atoms. The monoisotopic (exact) mass is 441 g/mol. The Morgan fingerprint density at radius 3 is 2.03 bits per heavy atom. The quantitative estimate of drug-likeness (QED) is 0.632. The molecule has 1 fully saturated rings.